The van der Waals surface area contributed by atoms with Crippen LogP contribution in [0.5, 0.6) is 0 Å². The third kappa shape index (κ3) is 3.20. The number of aromatic carboxylic acids is 1. The van der Waals surface area contributed by atoms with Crippen LogP contribution >= 0.6 is 0 Å². The van der Waals surface area contributed by atoms with Crippen LogP contribution < -0.4 is 0 Å². The number of hydrogen-bond acceptors (Lipinski definition) is 4. The van der Waals surface area contributed by atoms with Gasteiger partial charge in [-0.3, -0.25) is 4.79 Å². The van der Waals surface area contributed by atoms with E-state index in [2.05, 4.69) is 10.2 Å². The fraction of sp³-hybridized carbons (Fsp3) is 0.167. The van der Waals surface area contributed by atoms with E-state index in [-0.39, 0.29) is 17.0 Å². The van der Waals surface area contributed by atoms with Crippen molar-refractivity contribution >= 4 is 22.6 Å². The molecule has 1 aliphatic rings. The number of fused-ring (bicyclic) bond motifs is 2. The summed E-state index contributed by atoms with van der Waals surface area (Å²) >= 11 is 0. The van der Waals surface area contributed by atoms with Gasteiger partial charge < -0.3 is 14.6 Å². The first-order valence-electron chi connectivity index (χ1n) is 10.2. The monoisotopic (exact) mass is 430 g/mol. The lowest BCUT2D eigenvalue weighted by atomic mass is 9.94. The highest BCUT2D eigenvalue weighted by Gasteiger charge is 2.25. The Labute approximate surface area is 182 Å². The van der Waals surface area contributed by atoms with Crippen molar-refractivity contribution in [3.63, 3.8) is 0 Å². The molecule has 0 spiro atoms. The molecule has 7 nitrogen and oxygen atoms in total. The molecule has 0 bridgehead atoms. The number of benzene rings is 3. The van der Waals surface area contributed by atoms with Crippen LogP contribution in [-0.4, -0.2) is 43.2 Å². The van der Waals surface area contributed by atoms with E-state index in [9.17, 15) is 14.0 Å². The summed E-state index contributed by atoms with van der Waals surface area (Å²) in [5, 5.41) is 18.8. The fourth-order valence-electron chi connectivity index (χ4n) is 4.24. The van der Waals surface area contributed by atoms with Gasteiger partial charge in [-0.15, -0.1) is 10.2 Å². The second kappa shape index (κ2) is 7.56. The van der Waals surface area contributed by atoms with Crippen molar-refractivity contribution in [3.05, 3.63) is 83.2 Å². The molecule has 8 heteroatoms. The first kappa shape index (κ1) is 19.9. The maximum absolute atomic E-state index is 14.8. The highest BCUT2D eigenvalue weighted by molar-refractivity contribution is 6.10. The first-order chi connectivity index (χ1) is 15.4. The Balaban J connectivity index is 1.56. The third-order valence-corrected chi connectivity index (χ3v) is 5.88. The molecule has 4 aromatic rings. The number of carboxylic acid groups (broad SMARTS) is 1. The number of hydrogen-bond donors (Lipinski definition) is 1. The van der Waals surface area contributed by atoms with Crippen molar-refractivity contribution in [2.45, 2.75) is 20.0 Å². The van der Waals surface area contributed by atoms with Gasteiger partial charge in [0.05, 0.1) is 12.1 Å². The normalized spacial score (nSPS) is 13.2. The van der Waals surface area contributed by atoms with E-state index in [1.54, 1.807) is 29.2 Å². The molecular formula is C24H19FN4O3. The Morgan fingerprint density at radius 2 is 1.75 bits per heavy atom. The quantitative estimate of drug-likeness (QED) is 0.533. The van der Waals surface area contributed by atoms with Crippen LogP contribution in [0.4, 0.5) is 4.39 Å². The molecule has 1 N–H and O–H groups in total. The van der Waals surface area contributed by atoms with Crippen molar-refractivity contribution in [2.24, 2.45) is 0 Å². The second-order valence-corrected chi connectivity index (χ2v) is 7.75. The average molecular weight is 430 g/mol. The number of nitrogens with zero attached hydrogens (tertiary/aromatic N) is 4. The van der Waals surface area contributed by atoms with Crippen molar-refractivity contribution in [1.29, 1.82) is 0 Å². The van der Waals surface area contributed by atoms with Crippen LogP contribution in [0.2, 0.25) is 0 Å². The van der Waals surface area contributed by atoms with Gasteiger partial charge >= 0.3 is 5.97 Å². The van der Waals surface area contributed by atoms with E-state index in [4.69, 9.17) is 5.11 Å². The minimum absolute atomic E-state index is 0.115. The Kier molecular flexibility index (Phi) is 4.70. The number of carboxylic acids is 1. The van der Waals surface area contributed by atoms with Gasteiger partial charge in [0.1, 0.15) is 11.6 Å². The van der Waals surface area contributed by atoms with Gasteiger partial charge in [0.15, 0.2) is 5.82 Å². The van der Waals surface area contributed by atoms with Gasteiger partial charge in [-0.2, -0.15) is 0 Å². The summed E-state index contributed by atoms with van der Waals surface area (Å²) in [6.07, 6.45) is 0. The zero-order chi connectivity index (χ0) is 22.4. The highest BCUT2D eigenvalue weighted by Crippen LogP contribution is 2.33. The van der Waals surface area contributed by atoms with Gasteiger partial charge in [0.2, 0.25) is 0 Å². The molecule has 1 aliphatic heterocycles. The number of amides is 1. The first-order valence-corrected chi connectivity index (χ1v) is 10.2. The fourth-order valence-corrected chi connectivity index (χ4v) is 4.24. The number of halogens is 1. The summed E-state index contributed by atoms with van der Waals surface area (Å²) in [6, 6.07) is 14.6. The topological polar surface area (TPSA) is 88.3 Å². The Morgan fingerprint density at radius 1 is 0.969 bits per heavy atom. The standard InChI is InChI=1S/C24H19FN4O3/c1-14-26-27-22-13-28(10-11-29(14)22)23(30)20-7-3-4-16-17(5-2-6-18(16)20)19-9-8-15(24(31)32)12-21(19)25/h2-9,12H,10-11,13H2,1H3,(H,31,32). The molecule has 2 heterocycles. The molecule has 0 unspecified atom stereocenters. The number of rotatable bonds is 3. The lowest BCUT2D eigenvalue weighted by Gasteiger charge is -2.28. The van der Waals surface area contributed by atoms with Gasteiger partial charge in [-0.05, 0) is 41.5 Å². The smallest absolute Gasteiger partial charge is 0.335 e. The third-order valence-electron chi connectivity index (χ3n) is 5.88. The van der Waals surface area contributed by atoms with Crippen LogP contribution in [0, 0.1) is 12.7 Å². The predicted octanol–water partition coefficient (Wildman–Crippen LogP) is 3.90. The summed E-state index contributed by atoms with van der Waals surface area (Å²) < 4.78 is 16.8. The van der Waals surface area contributed by atoms with Crippen molar-refractivity contribution in [1.82, 2.24) is 19.7 Å². The number of carbonyl (C=O) groups excluding carboxylic acids is 1. The van der Waals surface area contributed by atoms with Crippen LogP contribution in [0.15, 0.2) is 54.6 Å². The Hall–Kier alpha value is -4.07. The molecular weight excluding hydrogens is 411 g/mol. The molecule has 3 aromatic carbocycles. The predicted molar refractivity (Wildman–Crippen MR) is 116 cm³/mol. The molecule has 0 atom stereocenters. The molecule has 5 rings (SSSR count). The highest BCUT2D eigenvalue weighted by atomic mass is 19.1. The zero-order valence-corrected chi connectivity index (χ0v) is 17.2. The molecule has 160 valence electrons. The maximum Gasteiger partial charge on any atom is 0.335 e. The van der Waals surface area contributed by atoms with Crippen LogP contribution in [-0.2, 0) is 13.1 Å². The number of aryl methyl sites for hydroxylation is 1. The van der Waals surface area contributed by atoms with Crippen molar-refractivity contribution < 1.29 is 19.1 Å². The van der Waals surface area contributed by atoms with E-state index >= 15 is 0 Å². The zero-order valence-electron chi connectivity index (χ0n) is 17.2. The van der Waals surface area contributed by atoms with E-state index in [0.29, 0.717) is 36.1 Å². The molecule has 0 saturated heterocycles. The number of aromatic nitrogens is 3. The molecule has 1 aromatic heterocycles. The van der Waals surface area contributed by atoms with Gasteiger partial charge in [0.25, 0.3) is 5.91 Å². The number of carbonyl (C=O) groups is 2. The van der Waals surface area contributed by atoms with E-state index in [1.807, 2.05) is 23.6 Å². The summed E-state index contributed by atoms with van der Waals surface area (Å²) in [7, 11) is 0. The summed E-state index contributed by atoms with van der Waals surface area (Å²) in [4.78, 5) is 26.3. The van der Waals surface area contributed by atoms with E-state index in [0.717, 1.165) is 23.1 Å². The molecule has 1 amide bonds. The minimum atomic E-state index is -1.19. The summed E-state index contributed by atoms with van der Waals surface area (Å²) in [5.74, 6) is -0.350. The molecule has 0 fully saturated rings. The Morgan fingerprint density at radius 3 is 2.53 bits per heavy atom. The minimum Gasteiger partial charge on any atom is -0.478 e. The van der Waals surface area contributed by atoms with Crippen LogP contribution in [0.3, 0.4) is 0 Å². The van der Waals surface area contributed by atoms with Crippen molar-refractivity contribution in [2.75, 3.05) is 6.54 Å². The summed E-state index contributed by atoms with van der Waals surface area (Å²) in [6.45, 7) is 3.45. The molecule has 0 radical (unpaired) electrons. The van der Waals surface area contributed by atoms with Gasteiger partial charge in [0, 0.05) is 24.2 Å². The average Bonchev–Trinajstić information content (AvgIpc) is 3.18. The lowest BCUT2D eigenvalue weighted by molar-refractivity contribution is 0.0692. The van der Waals surface area contributed by atoms with E-state index in [1.165, 1.54) is 12.1 Å². The Bertz CT molecular complexity index is 1400. The van der Waals surface area contributed by atoms with Gasteiger partial charge in [-0.1, -0.05) is 36.4 Å². The van der Waals surface area contributed by atoms with E-state index < -0.39 is 11.8 Å². The molecule has 0 saturated carbocycles. The SMILES string of the molecule is Cc1nnc2n1CCN(C(=O)c1cccc3c(-c4ccc(C(=O)O)cc4F)cccc13)C2. The van der Waals surface area contributed by atoms with Crippen molar-refractivity contribution in [3.8, 4) is 11.1 Å². The lowest BCUT2D eigenvalue weighted by Crippen LogP contribution is -2.38. The molecule has 32 heavy (non-hydrogen) atoms. The maximum atomic E-state index is 14.8. The largest absolute Gasteiger partial charge is 0.478 e. The van der Waals surface area contributed by atoms with Crippen LogP contribution in [0.25, 0.3) is 21.9 Å². The van der Waals surface area contributed by atoms with Gasteiger partial charge in [-0.25, -0.2) is 9.18 Å². The summed E-state index contributed by atoms with van der Waals surface area (Å²) in [5.41, 5.74) is 1.29. The van der Waals surface area contributed by atoms with Crippen LogP contribution in [0.1, 0.15) is 32.4 Å². The molecule has 0 aliphatic carbocycles. The second-order valence-electron chi connectivity index (χ2n) is 7.75.